The summed E-state index contributed by atoms with van der Waals surface area (Å²) in [7, 11) is -2.47. The van der Waals surface area contributed by atoms with Crippen molar-refractivity contribution in [3.8, 4) is 11.4 Å². The Morgan fingerprint density at radius 1 is 0.943 bits per heavy atom. The van der Waals surface area contributed by atoms with Gasteiger partial charge in [-0.3, -0.25) is 9.52 Å². The maximum Gasteiger partial charge on any atom is 0.262 e. The van der Waals surface area contributed by atoms with Gasteiger partial charge in [-0.05, 0) is 62.7 Å². The maximum atomic E-state index is 13.2. The van der Waals surface area contributed by atoms with Crippen LogP contribution in [-0.4, -0.2) is 31.2 Å². The molecule has 35 heavy (non-hydrogen) atoms. The minimum absolute atomic E-state index is 0.0506. The molecule has 0 bridgehead atoms. The van der Waals surface area contributed by atoms with E-state index in [0.29, 0.717) is 39.6 Å². The molecule has 0 saturated heterocycles. The van der Waals surface area contributed by atoms with Crippen molar-refractivity contribution in [2.75, 3.05) is 17.1 Å². The number of hydrogen-bond acceptors (Lipinski definition) is 5. The second kappa shape index (κ2) is 9.63. The van der Waals surface area contributed by atoms with Crippen LogP contribution in [0.3, 0.4) is 0 Å². The Balaban J connectivity index is 1.63. The van der Waals surface area contributed by atoms with Crippen molar-refractivity contribution in [1.82, 2.24) is 9.78 Å². The van der Waals surface area contributed by atoms with Crippen molar-refractivity contribution in [2.24, 2.45) is 0 Å². The normalized spacial score (nSPS) is 11.2. The summed E-state index contributed by atoms with van der Waals surface area (Å²) in [5.41, 5.74) is 3.75. The van der Waals surface area contributed by atoms with Gasteiger partial charge in [0.1, 0.15) is 5.75 Å². The summed E-state index contributed by atoms with van der Waals surface area (Å²) in [6.07, 6.45) is 0. The lowest BCUT2D eigenvalue weighted by Crippen LogP contribution is -2.17. The van der Waals surface area contributed by atoms with Gasteiger partial charge in [-0.2, -0.15) is 5.10 Å². The standard InChI is InChI=1S/C26H26N4O4S/c1-17-14-15-20(16-24(17)35(32,33)29-22-12-8-9-13-23(22)34-4)27-26(31)25-18(2)28-30(19(25)3)21-10-6-5-7-11-21/h5-16,29H,1-4H3,(H,27,31). The second-order valence-electron chi connectivity index (χ2n) is 8.03. The molecule has 0 atom stereocenters. The highest BCUT2D eigenvalue weighted by Gasteiger charge is 2.22. The summed E-state index contributed by atoms with van der Waals surface area (Å²) in [4.78, 5) is 13.2. The van der Waals surface area contributed by atoms with Crippen LogP contribution >= 0.6 is 0 Å². The number of methoxy groups -OCH3 is 1. The topological polar surface area (TPSA) is 102 Å². The van der Waals surface area contributed by atoms with Crippen molar-refractivity contribution in [2.45, 2.75) is 25.7 Å². The summed E-state index contributed by atoms with van der Waals surface area (Å²) in [6.45, 7) is 5.29. The average molecular weight is 491 g/mol. The van der Waals surface area contributed by atoms with E-state index in [2.05, 4.69) is 15.1 Å². The van der Waals surface area contributed by atoms with Crippen LogP contribution in [0.25, 0.3) is 5.69 Å². The Labute approximate surface area is 204 Å². The van der Waals surface area contributed by atoms with Gasteiger partial charge in [-0.25, -0.2) is 13.1 Å². The molecule has 9 heteroatoms. The Morgan fingerprint density at radius 2 is 1.63 bits per heavy atom. The number of carbonyl (C=O) groups is 1. The zero-order valence-electron chi connectivity index (χ0n) is 19.9. The van der Waals surface area contributed by atoms with Crippen molar-refractivity contribution in [3.05, 3.63) is 95.3 Å². The van der Waals surface area contributed by atoms with Gasteiger partial charge in [-0.15, -0.1) is 0 Å². The number of benzene rings is 3. The quantitative estimate of drug-likeness (QED) is 0.385. The third kappa shape index (κ3) is 4.90. The minimum atomic E-state index is -3.95. The first-order valence-electron chi connectivity index (χ1n) is 10.9. The van der Waals surface area contributed by atoms with Crippen LogP contribution in [-0.2, 0) is 10.0 Å². The van der Waals surface area contributed by atoms with E-state index in [0.717, 1.165) is 5.69 Å². The Bertz CT molecular complexity index is 1500. The van der Waals surface area contributed by atoms with Crippen LogP contribution in [0, 0.1) is 20.8 Å². The average Bonchev–Trinajstić information content (AvgIpc) is 3.14. The number of carbonyl (C=O) groups excluding carboxylic acids is 1. The monoisotopic (exact) mass is 490 g/mol. The summed E-state index contributed by atoms with van der Waals surface area (Å²) < 4.78 is 35.9. The van der Waals surface area contributed by atoms with Crippen molar-refractivity contribution in [3.63, 3.8) is 0 Å². The number of rotatable bonds is 7. The molecule has 0 saturated carbocycles. The number of nitrogens with one attached hydrogen (secondary N) is 2. The third-order valence-electron chi connectivity index (χ3n) is 5.61. The van der Waals surface area contributed by atoms with E-state index in [9.17, 15) is 13.2 Å². The first kappa shape index (κ1) is 24.0. The fourth-order valence-electron chi connectivity index (χ4n) is 3.88. The molecule has 1 amide bonds. The van der Waals surface area contributed by atoms with Crippen LogP contribution < -0.4 is 14.8 Å². The molecule has 0 radical (unpaired) electrons. The van der Waals surface area contributed by atoms with Crippen LogP contribution in [0.15, 0.2) is 77.7 Å². The van der Waals surface area contributed by atoms with Gasteiger partial charge in [-0.1, -0.05) is 36.4 Å². The molecular formula is C26H26N4O4S. The van der Waals surface area contributed by atoms with Crippen LogP contribution in [0.5, 0.6) is 5.75 Å². The number of amides is 1. The fraction of sp³-hybridized carbons (Fsp3) is 0.154. The smallest absolute Gasteiger partial charge is 0.262 e. The van der Waals surface area contributed by atoms with Crippen molar-refractivity contribution >= 4 is 27.3 Å². The Hall–Kier alpha value is -4.11. The van der Waals surface area contributed by atoms with E-state index < -0.39 is 10.0 Å². The van der Waals surface area contributed by atoms with Gasteiger partial charge in [0, 0.05) is 5.69 Å². The van der Waals surface area contributed by atoms with Gasteiger partial charge >= 0.3 is 0 Å². The van der Waals surface area contributed by atoms with E-state index in [4.69, 9.17) is 4.74 Å². The van der Waals surface area contributed by atoms with Gasteiger partial charge in [0.05, 0.1) is 40.3 Å². The summed E-state index contributed by atoms with van der Waals surface area (Å²) >= 11 is 0. The highest BCUT2D eigenvalue weighted by Crippen LogP contribution is 2.29. The molecule has 0 aliphatic rings. The largest absolute Gasteiger partial charge is 0.495 e. The first-order valence-corrected chi connectivity index (χ1v) is 12.4. The van der Waals surface area contributed by atoms with Crippen LogP contribution in [0.4, 0.5) is 11.4 Å². The van der Waals surface area contributed by atoms with E-state index in [1.165, 1.54) is 13.2 Å². The highest BCUT2D eigenvalue weighted by molar-refractivity contribution is 7.92. The molecule has 0 spiro atoms. The van der Waals surface area contributed by atoms with Crippen molar-refractivity contribution in [1.29, 1.82) is 0 Å². The van der Waals surface area contributed by atoms with E-state index in [1.54, 1.807) is 54.9 Å². The summed E-state index contributed by atoms with van der Waals surface area (Å²) in [5.74, 6) is 0.0339. The lowest BCUT2D eigenvalue weighted by molar-refractivity contribution is 0.102. The molecular weight excluding hydrogens is 464 g/mol. The summed E-state index contributed by atoms with van der Waals surface area (Å²) in [6, 6.07) is 21.0. The van der Waals surface area contributed by atoms with Gasteiger partial charge in [0.25, 0.3) is 15.9 Å². The number of para-hydroxylation sites is 3. The molecule has 4 rings (SSSR count). The molecule has 2 N–H and O–H groups in total. The summed E-state index contributed by atoms with van der Waals surface area (Å²) in [5, 5.41) is 7.34. The van der Waals surface area contributed by atoms with Gasteiger partial charge in [0.2, 0.25) is 0 Å². The number of aryl methyl sites for hydroxylation is 2. The highest BCUT2D eigenvalue weighted by atomic mass is 32.2. The van der Waals surface area contributed by atoms with E-state index in [1.807, 2.05) is 37.3 Å². The molecule has 8 nitrogen and oxygen atoms in total. The fourth-order valence-corrected chi connectivity index (χ4v) is 5.22. The minimum Gasteiger partial charge on any atom is -0.495 e. The number of hydrogen-bond donors (Lipinski definition) is 2. The lowest BCUT2D eigenvalue weighted by atomic mass is 10.1. The van der Waals surface area contributed by atoms with Gasteiger partial charge < -0.3 is 10.1 Å². The predicted octanol–water partition coefficient (Wildman–Crippen LogP) is 4.86. The van der Waals surface area contributed by atoms with Crippen LogP contribution in [0.1, 0.15) is 27.3 Å². The molecule has 4 aromatic rings. The molecule has 1 aromatic heterocycles. The number of anilines is 2. The molecule has 0 fully saturated rings. The third-order valence-corrected chi connectivity index (χ3v) is 7.11. The molecule has 180 valence electrons. The Kier molecular flexibility index (Phi) is 6.61. The molecule has 0 aliphatic heterocycles. The number of aromatic nitrogens is 2. The predicted molar refractivity (Wildman–Crippen MR) is 136 cm³/mol. The Morgan fingerprint density at radius 3 is 2.34 bits per heavy atom. The maximum absolute atomic E-state index is 13.2. The van der Waals surface area contributed by atoms with Gasteiger partial charge in [0.15, 0.2) is 0 Å². The lowest BCUT2D eigenvalue weighted by Gasteiger charge is -2.14. The number of ether oxygens (including phenoxy) is 1. The van der Waals surface area contributed by atoms with E-state index >= 15 is 0 Å². The second-order valence-corrected chi connectivity index (χ2v) is 9.68. The molecule has 3 aromatic carbocycles. The zero-order chi connectivity index (χ0) is 25.2. The molecule has 0 unspecified atom stereocenters. The zero-order valence-corrected chi connectivity index (χ0v) is 20.7. The van der Waals surface area contributed by atoms with Crippen molar-refractivity contribution < 1.29 is 17.9 Å². The number of sulfonamides is 1. The van der Waals surface area contributed by atoms with E-state index in [-0.39, 0.29) is 10.8 Å². The first-order chi connectivity index (χ1) is 16.7. The molecule has 0 aliphatic carbocycles. The number of nitrogens with zero attached hydrogens (tertiary/aromatic N) is 2. The molecule has 1 heterocycles. The SMILES string of the molecule is COc1ccccc1NS(=O)(=O)c1cc(NC(=O)c2c(C)nn(-c3ccccc3)c2C)ccc1C. The van der Waals surface area contributed by atoms with Crippen LogP contribution in [0.2, 0.25) is 0 Å².